The summed E-state index contributed by atoms with van der Waals surface area (Å²) in [5.41, 5.74) is 4.63. The third-order valence-corrected chi connectivity index (χ3v) is 5.96. The van der Waals surface area contributed by atoms with E-state index in [4.69, 9.17) is 17.0 Å². The quantitative estimate of drug-likeness (QED) is 0.465. The Balaban J connectivity index is 1.61. The van der Waals surface area contributed by atoms with Crippen molar-refractivity contribution in [3.63, 3.8) is 0 Å². The summed E-state index contributed by atoms with van der Waals surface area (Å²) in [5.74, 6) is 0.957. The van der Waals surface area contributed by atoms with Crippen LogP contribution in [0.5, 0.6) is 5.75 Å². The molecule has 32 heavy (non-hydrogen) atoms. The molecule has 0 spiro atoms. The molecule has 1 atom stereocenters. The molecule has 162 valence electrons. The van der Waals surface area contributed by atoms with Crippen molar-refractivity contribution in [2.75, 3.05) is 12.4 Å². The predicted molar refractivity (Wildman–Crippen MR) is 133 cm³/mol. The molecule has 0 saturated heterocycles. The summed E-state index contributed by atoms with van der Waals surface area (Å²) in [4.78, 5) is 13.8. The number of nitrogens with one attached hydrogen (secondary N) is 2. The Morgan fingerprint density at radius 1 is 0.938 bits per heavy atom. The van der Waals surface area contributed by atoms with E-state index >= 15 is 0 Å². The first-order chi connectivity index (χ1) is 15.6. The van der Waals surface area contributed by atoms with E-state index in [-0.39, 0.29) is 11.7 Å². The summed E-state index contributed by atoms with van der Waals surface area (Å²) >= 11 is 5.68. The first kappa shape index (κ1) is 21.8. The zero-order chi connectivity index (χ0) is 22.3. The topological polar surface area (TPSA) is 50.4 Å². The smallest absolute Gasteiger partial charge is 0.168 e. The molecule has 5 heteroatoms. The maximum atomic E-state index is 13.3. The fourth-order valence-electron chi connectivity index (χ4n) is 3.97. The van der Waals surface area contributed by atoms with Crippen molar-refractivity contribution in [2.45, 2.75) is 25.3 Å². The lowest BCUT2D eigenvalue weighted by molar-refractivity contribution is -0.115. The summed E-state index contributed by atoms with van der Waals surface area (Å²) < 4.78 is 5.28. The number of carbonyl (C=O) groups is 1. The highest BCUT2D eigenvalue weighted by atomic mass is 32.1. The highest BCUT2D eigenvalue weighted by molar-refractivity contribution is 7.81. The predicted octanol–water partition coefficient (Wildman–Crippen LogP) is 5.63. The number of allylic oxidation sites excluding steroid dienone is 1. The molecule has 0 fully saturated rings. The van der Waals surface area contributed by atoms with Gasteiger partial charge in [0.25, 0.3) is 0 Å². The van der Waals surface area contributed by atoms with Gasteiger partial charge in [0.05, 0.1) is 12.7 Å². The van der Waals surface area contributed by atoms with Crippen molar-refractivity contribution in [3.05, 3.63) is 107 Å². The normalized spacial score (nSPS) is 15.9. The van der Waals surface area contributed by atoms with Crippen LogP contribution in [0.4, 0.5) is 5.69 Å². The van der Waals surface area contributed by atoms with Crippen LogP contribution in [0.15, 0.2) is 96.2 Å². The van der Waals surface area contributed by atoms with Crippen molar-refractivity contribution < 1.29 is 9.53 Å². The van der Waals surface area contributed by atoms with Gasteiger partial charge in [-0.25, -0.2) is 0 Å². The Morgan fingerprint density at radius 2 is 1.59 bits per heavy atom. The zero-order valence-corrected chi connectivity index (χ0v) is 18.8. The van der Waals surface area contributed by atoms with E-state index in [1.165, 1.54) is 0 Å². The van der Waals surface area contributed by atoms with Crippen LogP contribution in [0.1, 0.15) is 29.9 Å². The van der Waals surface area contributed by atoms with E-state index in [0.29, 0.717) is 23.5 Å². The van der Waals surface area contributed by atoms with Gasteiger partial charge in [0, 0.05) is 24.4 Å². The van der Waals surface area contributed by atoms with Gasteiger partial charge in [-0.05, 0) is 47.7 Å². The average Bonchev–Trinajstić information content (AvgIpc) is 2.83. The van der Waals surface area contributed by atoms with Crippen LogP contribution in [-0.2, 0) is 11.3 Å². The molecule has 0 aromatic heterocycles. The van der Waals surface area contributed by atoms with Gasteiger partial charge in [0.15, 0.2) is 5.78 Å². The lowest BCUT2D eigenvalue weighted by Gasteiger charge is -2.28. The monoisotopic (exact) mass is 442 g/mol. The van der Waals surface area contributed by atoms with Gasteiger partial charge in [-0.3, -0.25) is 4.79 Å². The third kappa shape index (κ3) is 5.24. The molecular weight excluding hydrogens is 416 g/mol. The van der Waals surface area contributed by atoms with Crippen molar-refractivity contribution in [2.24, 2.45) is 0 Å². The molecular formula is C27H26N2O2S. The minimum Gasteiger partial charge on any atom is -0.497 e. The second kappa shape index (κ2) is 10.2. The first-order valence-electron chi connectivity index (χ1n) is 10.7. The van der Waals surface area contributed by atoms with Gasteiger partial charge in [0.1, 0.15) is 10.7 Å². The number of anilines is 1. The molecule has 0 heterocycles. The second-order valence-electron chi connectivity index (χ2n) is 7.81. The fourth-order valence-corrected chi connectivity index (χ4v) is 4.33. The number of thiocarbonyl (C=S) groups is 1. The van der Waals surface area contributed by atoms with Crippen LogP contribution in [0.2, 0.25) is 0 Å². The number of Topliss-reactive ketones (excluding diaryl/α,β-unsaturated/α-hetero) is 1. The van der Waals surface area contributed by atoms with E-state index in [1.807, 2.05) is 72.8 Å². The second-order valence-corrected chi connectivity index (χ2v) is 8.22. The summed E-state index contributed by atoms with van der Waals surface area (Å²) in [6, 6.07) is 27.8. The Hall–Kier alpha value is -3.44. The number of benzene rings is 3. The molecule has 0 saturated carbocycles. The van der Waals surface area contributed by atoms with Crippen molar-refractivity contribution in [3.8, 4) is 5.75 Å². The minimum atomic E-state index is 0.0565. The van der Waals surface area contributed by atoms with E-state index in [9.17, 15) is 4.79 Å². The van der Waals surface area contributed by atoms with E-state index in [0.717, 1.165) is 34.7 Å². The number of carbonyl (C=O) groups excluding carboxylic acids is 1. The Labute approximate surface area is 194 Å². The molecule has 0 bridgehead atoms. The molecule has 0 radical (unpaired) electrons. The molecule has 4 rings (SSSR count). The molecule has 1 aliphatic carbocycles. The van der Waals surface area contributed by atoms with Gasteiger partial charge in [-0.15, -0.1) is 0 Å². The molecule has 3 aromatic carbocycles. The Kier molecular flexibility index (Phi) is 6.97. The van der Waals surface area contributed by atoms with Crippen LogP contribution in [0, 0.1) is 0 Å². The fraction of sp³-hybridized carbons (Fsp3) is 0.185. The molecule has 1 aliphatic rings. The van der Waals surface area contributed by atoms with Gasteiger partial charge in [-0.2, -0.15) is 0 Å². The summed E-state index contributed by atoms with van der Waals surface area (Å²) in [6.45, 7) is 0.635. The lowest BCUT2D eigenvalue weighted by atomic mass is 9.81. The van der Waals surface area contributed by atoms with Crippen molar-refractivity contribution >= 4 is 28.7 Å². The zero-order valence-electron chi connectivity index (χ0n) is 18.0. The number of rotatable bonds is 7. The van der Waals surface area contributed by atoms with Crippen molar-refractivity contribution in [1.29, 1.82) is 0 Å². The van der Waals surface area contributed by atoms with Crippen LogP contribution in [0.3, 0.4) is 0 Å². The van der Waals surface area contributed by atoms with Crippen LogP contribution < -0.4 is 15.4 Å². The SMILES string of the molecule is COc1ccc(C2CC(=O)C(C(=S)Nc3ccccc3)=C(NCc3ccccc3)C2)cc1. The van der Waals surface area contributed by atoms with Crippen LogP contribution >= 0.6 is 12.2 Å². The van der Waals surface area contributed by atoms with Gasteiger partial charge in [-0.1, -0.05) is 72.9 Å². The number of ether oxygens (including phenoxy) is 1. The maximum absolute atomic E-state index is 13.3. The Morgan fingerprint density at radius 3 is 2.25 bits per heavy atom. The minimum absolute atomic E-state index is 0.0565. The molecule has 1 unspecified atom stereocenters. The maximum Gasteiger partial charge on any atom is 0.168 e. The standard InChI is InChI=1S/C27H26N2O2S/c1-31-23-14-12-20(13-15-23)21-16-24(28-18-19-8-4-2-5-9-19)26(25(30)17-21)27(32)29-22-10-6-3-7-11-22/h2-15,21,28H,16-18H2,1H3,(H,29,32). The summed E-state index contributed by atoms with van der Waals surface area (Å²) in [5, 5.41) is 6.75. The highest BCUT2D eigenvalue weighted by Crippen LogP contribution is 2.35. The third-order valence-electron chi connectivity index (χ3n) is 5.66. The van der Waals surface area contributed by atoms with E-state index in [2.05, 4.69) is 22.8 Å². The largest absolute Gasteiger partial charge is 0.497 e. The molecule has 0 amide bonds. The average molecular weight is 443 g/mol. The van der Waals surface area contributed by atoms with E-state index < -0.39 is 0 Å². The number of ketones is 1. The summed E-state index contributed by atoms with van der Waals surface area (Å²) in [7, 11) is 1.65. The summed E-state index contributed by atoms with van der Waals surface area (Å²) in [6.07, 6.45) is 1.14. The molecule has 0 aliphatic heterocycles. The molecule has 4 nitrogen and oxygen atoms in total. The van der Waals surface area contributed by atoms with E-state index in [1.54, 1.807) is 7.11 Å². The number of hydrogen-bond donors (Lipinski definition) is 2. The van der Waals surface area contributed by atoms with Crippen LogP contribution in [0.25, 0.3) is 0 Å². The highest BCUT2D eigenvalue weighted by Gasteiger charge is 2.31. The first-order valence-corrected chi connectivity index (χ1v) is 11.1. The van der Waals surface area contributed by atoms with Gasteiger partial charge >= 0.3 is 0 Å². The number of methoxy groups -OCH3 is 1. The van der Waals surface area contributed by atoms with Crippen molar-refractivity contribution in [1.82, 2.24) is 5.32 Å². The molecule has 2 N–H and O–H groups in total. The van der Waals surface area contributed by atoms with Crippen LogP contribution in [-0.4, -0.2) is 17.9 Å². The van der Waals surface area contributed by atoms with Gasteiger partial charge < -0.3 is 15.4 Å². The Bertz CT molecular complexity index is 1110. The molecule has 3 aromatic rings. The number of hydrogen-bond acceptors (Lipinski definition) is 4. The number of para-hydroxylation sites is 1. The lowest BCUT2D eigenvalue weighted by Crippen LogP contribution is -2.31. The van der Waals surface area contributed by atoms with Gasteiger partial charge in [0.2, 0.25) is 0 Å².